The Kier molecular flexibility index (Phi) is 4.38. The van der Waals surface area contributed by atoms with Crippen LogP contribution >= 0.6 is 0 Å². The number of carbonyl (C=O) groups excluding carboxylic acids is 4. The maximum atomic E-state index is 11.6. The summed E-state index contributed by atoms with van der Waals surface area (Å²) in [4.78, 5) is 48.0. The van der Waals surface area contributed by atoms with Gasteiger partial charge in [0.2, 0.25) is 5.91 Å². The van der Waals surface area contributed by atoms with Gasteiger partial charge in [-0.1, -0.05) is 0 Å². The second-order valence-corrected chi connectivity index (χ2v) is 3.92. The quantitative estimate of drug-likeness (QED) is 0.569. The third-order valence-corrected chi connectivity index (χ3v) is 2.58. The molecule has 1 fully saturated rings. The van der Waals surface area contributed by atoms with Crippen molar-refractivity contribution in [2.24, 2.45) is 5.73 Å². The van der Waals surface area contributed by atoms with E-state index in [1.165, 1.54) is 11.8 Å². The van der Waals surface area contributed by atoms with E-state index in [2.05, 4.69) is 0 Å². The molecule has 1 rings (SSSR count). The lowest BCUT2D eigenvalue weighted by Crippen LogP contribution is -2.59. The van der Waals surface area contributed by atoms with E-state index in [0.29, 0.717) is 6.54 Å². The lowest BCUT2D eigenvalue weighted by Gasteiger charge is -2.31. The molecule has 0 radical (unpaired) electrons. The lowest BCUT2D eigenvalue weighted by molar-refractivity contribution is -0.153. The number of rotatable bonds is 2. The molecule has 1 aliphatic rings. The Labute approximate surface area is 104 Å². The van der Waals surface area contributed by atoms with Crippen LogP contribution in [0.4, 0.5) is 4.79 Å². The summed E-state index contributed by atoms with van der Waals surface area (Å²) in [7, 11) is 0. The molecule has 8 heteroatoms. The highest BCUT2D eigenvalue weighted by atomic mass is 16.2. The number of nitrogens with one attached hydrogen (secondary N) is 1. The summed E-state index contributed by atoms with van der Waals surface area (Å²) in [5.74, 6) is -2.37. The van der Waals surface area contributed by atoms with Crippen LogP contribution in [0.5, 0.6) is 0 Å². The molecule has 0 aromatic rings. The molecular weight excluding hydrogens is 240 g/mol. The van der Waals surface area contributed by atoms with Crippen LogP contribution in [0.3, 0.4) is 0 Å². The highest BCUT2D eigenvalue weighted by molar-refractivity contribution is 6.38. The van der Waals surface area contributed by atoms with Crippen LogP contribution in [0.1, 0.15) is 13.8 Å². The molecule has 1 atom stereocenters. The molecular formula is C10H16N4O4. The Bertz CT molecular complexity index is 393. The number of imide groups is 2. The van der Waals surface area contributed by atoms with E-state index in [0.717, 1.165) is 4.90 Å². The van der Waals surface area contributed by atoms with Crippen molar-refractivity contribution in [3.05, 3.63) is 0 Å². The van der Waals surface area contributed by atoms with E-state index in [4.69, 9.17) is 5.73 Å². The van der Waals surface area contributed by atoms with Crippen LogP contribution in [0, 0.1) is 0 Å². The van der Waals surface area contributed by atoms with Gasteiger partial charge in [0.15, 0.2) is 0 Å². The zero-order valence-corrected chi connectivity index (χ0v) is 10.3. The monoisotopic (exact) mass is 256 g/mol. The summed E-state index contributed by atoms with van der Waals surface area (Å²) in [6.45, 7) is 3.88. The molecule has 1 aliphatic heterocycles. The minimum absolute atomic E-state index is 0.0660. The van der Waals surface area contributed by atoms with E-state index in [-0.39, 0.29) is 13.1 Å². The number of amides is 5. The molecule has 1 saturated heterocycles. The normalized spacial score (nSPS) is 17.7. The van der Waals surface area contributed by atoms with Crippen molar-refractivity contribution in [2.75, 3.05) is 19.6 Å². The van der Waals surface area contributed by atoms with Crippen molar-refractivity contribution >= 4 is 23.8 Å². The van der Waals surface area contributed by atoms with Crippen LogP contribution in [-0.2, 0) is 14.4 Å². The third-order valence-electron chi connectivity index (χ3n) is 2.58. The molecule has 18 heavy (non-hydrogen) atoms. The average molecular weight is 256 g/mol. The van der Waals surface area contributed by atoms with Gasteiger partial charge in [0.05, 0.1) is 6.04 Å². The Morgan fingerprint density at radius 1 is 1.33 bits per heavy atom. The topological polar surface area (TPSA) is 113 Å². The number of piperazine rings is 1. The fourth-order valence-electron chi connectivity index (χ4n) is 1.46. The fraction of sp³-hybridized carbons (Fsp3) is 0.600. The average Bonchev–Trinajstić information content (AvgIpc) is 2.32. The third kappa shape index (κ3) is 2.83. The molecule has 0 aromatic heterocycles. The fourth-order valence-corrected chi connectivity index (χ4v) is 1.46. The summed E-state index contributed by atoms with van der Waals surface area (Å²) in [5, 5.41) is 1.96. The van der Waals surface area contributed by atoms with Crippen LogP contribution in [-0.4, -0.2) is 59.2 Å². The van der Waals surface area contributed by atoms with E-state index in [9.17, 15) is 19.2 Å². The molecule has 8 nitrogen and oxygen atoms in total. The van der Waals surface area contributed by atoms with Crippen molar-refractivity contribution in [3.8, 4) is 0 Å². The molecule has 1 heterocycles. The molecule has 0 spiro atoms. The number of urea groups is 1. The van der Waals surface area contributed by atoms with Crippen molar-refractivity contribution in [1.82, 2.24) is 15.1 Å². The minimum Gasteiger partial charge on any atom is -0.333 e. The maximum Gasteiger partial charge on any atom is 0.331 e. The van der Waals surface area contributed by atoms with Crippen molar-refractivity contribution in [3.63, 3.8) is 0 Å². The smallest absolute Gasteiger partial charge is 0.331 e. The number of nitrogens with two attached hydrogens (primary N) is 1. The van der Waals surface area contributed by atoms with Gasteiger partial charge >= 0.3 is 17.8 Å². The van der Waals surface area contributed by atoms with Gasteiger partial charge in [0.25, 0.3) is 0 Å². The second-order valence-electron chi connectivity index (χ2n) is 3.92. The first-order chi connectivity index (χ1) is 8.38. The molecule has 3 N–H and O–H groups in total. The summed E-state index contributed by atoms with van der Waals surface area (Å²) >= 11 is 0. The van der Waals surface area contributed by atoms with Gasteiger partial charge in [-0.15, -0.1) is 0 Å². The van der Waals surface area contributed by atoms with Gasteiger partial charge in [-0.3, -0.25) is 24.6 Å². The molecule has 100 valence electrons. The molecule has 0 aliphatic carbocycles. The van der Waals surface area contributed by atoms with E-state index < -0.39 is 29.8 Å². The van der Waals surface area contributed by atoms with Gasteiger partial charge in [-0.05, 0) is 13.8 Å². The number of hydrogen-bond donors (Lipinski definition) is 2. The first kappa shape index (κ1) is 14.1. The molecule has 0 unspecified atom stereocenters. The minimum atomic E-state index is -0.932. The van der Waals surface area contributed by atoms with Crippen LogP contribution in [0.15, 0.2) is 0 Å². The Morgan fingerprint density at radius 3 is 2.44 bits per heavy atom. The van der Waals surface area contributed by atoms with Gasteiger partial charge in [-0.25, -0.2) is 4.79 Å². The van der Waals surface area contributed by atoms with Crippen molar-refractivity contribution in [2.45, 2.75) is 19.9 Å². The van der Waals surface area contributed by atoms with Crippen LogP contribution in [0.25, 0.3) is 0 Å². The largest absolute Gasteiger partial charge is 0.333 e. The summed E-state index contributed by atoms with van der Waals surface area (Å²) in [5.41, 5.74) is 5.28. The van der Waals surface area contributed by atoms with Crippen molar-refractivity contribution in [1.29, 1.82) is 0 Å². The number of hydrogen-bond acceptors (Lipinski definition) is 5. The summed E-state index contributed by atoms with van der Waals surface area (Å²) in [6, 6.07) is -1.77. The Morgan fingerprint density at radius 2 is 1.94 bits per heavy atom. The lowest BCUT2D eigenvalue weighted by atomic mass is 10.3. The maximum absolute atomic E-state index is 11.6. The first-order valence-electron chi connectivity index (χ1n) is 5.59. The number of carbonyl (C=O) groups is 4. The second kappa shape index (κ2) is 5.58. The van der Waals surface area contributed by atoms with Gasteiger partial charge in [0, 0.05) is 19.6 Å². The van der Waals surface area contributed by atoms with Crippen LogP contribution < -0.4 is 11.1 Å². The number of nitrogens with zero attached hydrogens (tertiary/aromatic N) is 2. The summed E-state index contributed by atoms with van der Waals surface area (Å²) < 4.78 is 0. The van der Waals surface area contributed by atoms with Gasteiger partial charge in [0.1, 0.15) is 0 Å². The predicted octanol–water partition coefficient (Wildman–Crippen LogP) is -1.74. The van der Waals surface area contributed by atoms with Gasteiger partial charge in [-0.2, -0.15) is 0 Å². The molecule has 5 amide bonds. The summed E-state index contributed by atoms with van der Waals surface area (Å²) in [6.07, 6.45) is 0. The predicted molar refractivity (Wildman–Crippen MR) is 61.2 cm³/mol. The van der Waals surface area contributed by atoms with Gasteiger partial charge < -0.3 is 10.6 Å². The highest BCUT2D eigenvalue weighted by Crippen LogP contribution is 2.05. The molecule has 0 aromatic carbocycles. The van der Waals surface area contributed by atoms with E-state index in [1.807, 2.05) is 5.32 Å². The Balaban J connectivity index is 2.68. The van der Waals surface area contributed by atoms with Crippen molar-refractivity contribution < 1.29 is 19.2 Å². The SMILES string of the molecule is CCN1CCN(C(=O)NC(=O)[C@@H](C)N)C(=O)C1=O. The standard InChI is InChI=1S/C10H16N4O4/c1-3-13-4-5-14(9(17)8(13)16)10(18)12-7(15)6(2)11/h6H,3-5,11H2,1-2H3,(H,12,15,18)/t6-/m1/s1. The zero-order chi connectivity index (χ0) is 13.9. The highest BCUT2D eigenvalue weighted by Gasteiger charge is 2.35. The first-order valence-corrected chi connectivity index (χ1v) is 5.59. The Hall–Kier alpha value is -1.96. The van der Waals surface area contributed by atoms with Crippen LogP contribution in [0.2, 0.25) is 0 Å². The zero-order valence-electron chi connectivity index (χ0n) is 10.3. The number of likely N-dealkylation sites (N-methyl/N-ethyl adjacent to an activating group) is 1. The molecule has 0 bridgehead atoms. The van der Waals surface area contributed by atoms with E-state index >= 15 is 0 Å². The van der Waals surface area contributed by atoms with E-state index in [1.54, 1.807) is 6.92 Å². The molecule has 0 saturated carbocycles.